The fraction of sp³-hybridized carbons (Fsp3) is 0.692. The summed E-state index contributed by atoms with van der Waals surface area (Å²) in [7, 11) is 0. The lowest BCUT2D eigenvalue weighted by Crippen LogP contribution is -2.65. The highest BCUT2D eigenvalue weighted by Crippen LogP contribution is 2.50. The number of carbonyl (C=O) groups is 2. The summed E-state index contributed by atoms with van der Waals surface area (Å²) in [6, 6.07) is -0.763. The maximum absolute atomic E-state index is 12.0. The molecule has 2 rings (SSSR count). The van der Waals surface area contributed by atoms with E-state index in [1.807, 2.05) is 6.92 Å². The smallest absolute Gasteiger partial charge is 0.309 e. The summed E-state index contributed by atoms with van der Waals surface area (Å²) in [5.74, 6) is -0.712. The first-order valence-corrected chi connectivity index (χ1v) is 6.32. The van der Waals surface area contributed by atoms with Gasteiger partial charge >= 0.3 is 17.9 Å². The second-order valence-corrected chi connectivity index (χ2v) is 5.42. The van der Waals surface area contributed by atoms with Gasteiger partial charge in [0, 0.05) is 0 Å². The standard InChI is InChI=1S/C13H16N4O2/c1-12-6-4-5-7-13(12,16-9(18)8-14-2)17-11(19)10(12)15-3/h10H,4-8H2,1H3,(H,16,18)(H,17,19)/t10?,12-,13-/m0/s1. The van der Waals surface area contributed by atoms with Crippen molar-refractivity contribution in [2.45, 2.75) is 44.3 Å². The Balaban J connectivity index is 2.35. The topological polar surface area (TPSA) is 66.9 Å². The molecule has 100 valence electrons. The van der Waals surface area contributed by atoms with E-state index in [4.69, 9.17) is 13.1 Å². The molecule has 0 aromatic carbocycles. The van der Waals surface area contributed by atoms with Crippen LogP contribution < -0.4 is 10.6 Å². The van der Waals surface area contributed by atoms with Crippen LogP contribution in [0, 0.1) is 18.6 Å². The summed E-state index contributed by atoms with van der Waals surface area (Å²) in [5.41, 5.74) is -1.46. The van der Waals surface area contributed by atoms with Crippen LogP contribution in [-0.2, 0) is 9.59 Å². The van der Waals surface area contributed by atoms with Crippen molar-refractivity contribution in [2.24, 2.45) is 5.41 Å². The van der Waals surface area contributed by atoms with Crippen LogP contribution in [0.2, 0.25) is 0 Å². The number of amides is 2. The van der Waals surface area contributed by atoms with Gasteiger partial charge in [0.25, 0.3) is 6.54 Å². The van der Waals surface area contributed by atoms with Crippen molar-refractivity contribution in [3.8, 4) is 0 Å². The van der Waals surface area contributed by atoms with Gasteiger partial charge in [-0.25, -0.2) is 13.1 Å². The van der Waals surface area contributed by atoms with Crippen LogP contribution in [0.3, 0.4) is 0 Å². The van der Waals surface area contributed by atoms with Crippen molar-refractivity contribution >= 4 is 11.8 Å². The first kappa shape index (κ1) is 13.4. The maximum Gasteiger partial charge on any atom is 0.309 e. The number of rotatable bonds is 2. The Hall–Kier alpha value is -2.08. The van der Waals surface area contributed by atoms with Crippen molar-refractivity contribution in [2.75, 3.05) is 6.54 Å². The Kier molecular flexibility index (Phi) is 3.20. The first-order valence-electron chi connectivity index (χ1n) is 6.32. The molecular formula is C13H16N4O2. The van der Waals surface area contributed by atoms with Crippen LogP contribution in [0.15, 0.2) is 0 Å². The monoisotopic (exact) mass is 260 g/mol. The fourth-order valence-corrected chi connectivity index (χ4v) is 3.31. The number of hydrogen-bond donors (Lipinski definition) is 2. The molecule has 0 bridgehead atoms. The van der Waals surface area contributed by atoms with E-state index in [0.29, 0.717) is 6.42 Å². The van der Waals surface area contributed by atoms with Gasteiger partial charge in [-0.1, -0.05) is 6.42 Å². The molecule has 2 fully saturated rings. The van der Waals surface area contributed by atoms with E-state index >= 15 is 0 Å². The maximum atomic E-state index is 12.0. The summed E-state index contributed by atoms with van der Waals surface area (Å²) < 4.78 is 0. The SMILES string of the molecule is [C-]#[N+]CC(=O)N[C@]12CCCC[C@@]1(C)C([N+]#[C-])C(=O)N2. The van der Waals surface area contributed by atoms with E-state index in [-0.39, 0.29) is 12.5 Å². The molecule has 1 unspecified atom stereocenters. The van der Waals surface area contributed by atoms with Gasteiger partial charge in [-0.05, 0) is 26.2 Å². The second kappa shape index (κ2) is 4.55. The summed E-state index contributed by atoms with van der Waals surface area (Å²) in [6.45, 7) is 15.6. The van der Waals surface area contributed by atoms with E-state index in [0.717, 1.165) is 19.3 Å². The number of nitrogens with zero attached hydrogens (tertiary/aromatic N) is 2. The number of carbonyl (C=O) groups excluding carboxylic acids is 2. The minimum atomic E-state index is -0.862. The summed E-state index contributed by atoms with van der Waals surface area (Å²) >= 11 is 0. The largest absolute Gasteiger partial charge is 0.326 e. The van der Waals surface area contributed by atoms with Gasteiger partial charge in [-0.3, -0.25) is 9.59 Å². The molecule has 6 heteroatoms. The van der Waals surface area contributed by atoms with Gasteiger partial charge < -0.3 is 20.3 Å². The van der Waals surface area contributed by atoms with Crippen molar-refractivity contribution in [1.29, 1.82) is 0 Å². The molecule has 1 heterocycles. The van der Waals surface area contributed by atoms with Crippen LogP contribution in [0.1, 0.15) is 32.6 Å². The van der Waals surface area contributed by atoms with Gasteiger partial charge in [0.05, 0.1) is 5.41 Å². The molecule has 2 aliphatic rings. The van der Waals surface area contributed by atoms with E-state index in [9.17, 15) is 9.59 Å². The Morgan fingerprint density at radius 1 is 1.47 bits per heavy atom. The van der Waals surface area contributed by atoms with E-state index in [1.165, 1.54) is 0 Å². The molecule has 6 nitrogen and oxygen atoms in total. The average Bonchev–Trinajstić information content (AvgIpc) is 2.55. The van der Waals surface area contributed by atoms with Crippen molar-refractivity contribution in [1.82, 2.24) is 10.6 Å². The highest BCUT2D eigenvalue weighted by molar-refractivity contribution is 5.90. The van der Waals surface area contributed by atoms with Gasteiger partial charge in [0.15, 0.2) is 0 Å². The third kappa shape index (κ3) is 1.84. The summed E-state index contributed by atoms with van der Waals surface area (Å²) in [5, 5.41) is 5.62. The molecule has 0 aromatic heterocycles. The molecule has 1 aliphatic carbocycles. The number of fused-ring (bicyclic) bond motifs is 1. The summed E-state index contributed by atoms with van der Waals surface area (Å²) in [6.07, 6.45) is 3.17. The molecular weight excluding hydrogens is 244 g/mol. The van der Waals surface area contributed by atoms with Gasteiger partial charge in [-0.2, -0.15) is 0 Å². The molecule has 1 saturated heterocycles. The molecule has 19 heavy (non-hydrogen) atoms. The molecule has 3 atom stereocenters. The number of hydrogen-bond acceptors (Lipinski definition) is 2. The van der Waals surface area contributed by atoms with Gasteiger partial charge in [0.2, 0.25) is 0 Å². The molecule has 1 saturated carbocycles. The normalized spacial score (nSPS) is 36.6. The average molecular weight is 260 g/mol. The van der Waals surface area contributed by atoms with Crippen molar-refractivity contribution in [3.05, 3.63) is 22.8 Å². The molecule has 0 spiro atoms. The third-order valence-electron chi connectivity index (χ3n) is 4.37. The lowest BCUT2D eigenvalue weighted by atomic mass is 9.65. The van der Waals surface area contributed by atoms with Gasteiger partial charge in [0.1, 0.15) is 5.66 Å². The molecule has 2 amide bonds. The lowest BCUT2D eigenvalue weighted by Gasteiger charge is -2.45. The zero-order valence-corrected chi connectivity index (χ0v) is 10.8. The van der Waals surface area contributed by atoms with E-state index < -0.39 is 23.0 Å². The third-order valence-corrected chi connectivity index (χ3v) is 4.37. The predicted molar refractivity (Wildman–Crippen MR) is 67.5 cm³/mol. The van der Waals surface area contributed by atoms with Gasteiger partial charge in [-0.15, -0.1) is 0 Å². The zero-order chi connectivity index (χ0) is 14.1. The Labute approximate surface area is 112 Å². The predicted octanol–water partition coefficient (Wildman–Crippen LogP) is 0.716. The van der Waals surface area contributed by atoms with Crippen LogP contribution >= 0.6 is 0 Å². The molecule has 0 radical (unpaired) electrons. The Morgan fingerprint density at radius 3 is 2.79 bits per heavy atom. The van der Waals surface area contributed by atoms with Crippen LogP contribution in [-0.4, -0.2) is 30.1 Å². The van der Waals surface area contributed by atoms with E-state index in [2.05, 4.69) is 20.3 Å². The van der Waals surface area contributed by atoms with E-state index in [1.54, 1.807) is 0 Å². The Bertz CT molecular complexity index is 504. The first-order chi connectivity index (χ1) is 8.99. The highest BCUT2D eigenvalue weighted by atomic mass is 16.2. The quantitative estimate of drug-likeness (QED) is 0.718. The van der Waals surface area contributed by atoms with Crippen LogP contribution in [0.4, 0.5) is 0 Å². The zero-order valence-electron chi connectivity index (χ0n) is 10.8. The minimum Gasteiger partial charge on any atom is -0.326 e. The molecule has 0 aromatic rings. The highest BCUT2D eigenvalue weighted by Gasteiger charge is 2.67. The minimum absolute atomic E-state index is 0.254. The molecule has 1 aliphatic heterocycles. The fourth-order valence-electron chi connectivity index (χ4n) is 3.31. The lowest BCUT2D eigenvalue weighted by molar-refractivity contribution is -0.124. The molecule has 2 N–H and O–H groups in total. The Morgan fingerprint density at radius 2 is 2.16 bits per heavy atom. The second-order valence-electron chi connectivity index (χ2n) is 5.42. The van der Waals surface area contributed by atoms with Crippen molar-refractivity contribution < 1.29 is 9.59 Å². The van der Waals surface area contributed by atoms with Crippen LogP contribution in [0.5, 0.6) is 0 Å². The summed E-state index contributed by atoms with van der Waals surface area (Å²) in [4.78, 5) is 30.2. The van der Waals surface area contributed by atoms with Crippen LogP contribution in [0.25, 0.3) is 9.69 Å². The van der Waals surface area contributed by atoms with Crippen molar-refractivity contribution in [3.63, 3.8) is 0 Å². The number of nitrogens with one attached hydrogen (secondary N) is 2.